The summed E-state index contributed by atoms with van der Waals surface area (Å²) in [6.45, 7) is 6.18. The summed E-state index contributed by atoms with van der Waals surface area (Å²) in [7, 11) is 0. The fourth-order valence-corrected chi connectivity index (χ4v) is 3.77. The number of amides is 1. The largest absolute Gasteiger partial charge is 0.507 e. The molecule has 2 N–H and O–H groups in total. The lowest BCUT2D eigenvalue weighted by molar-refractivity contribution is -0.117. The van der Waals surface area contributed by atoms with Crippen molar-refractivity contribution in [2.75, 3.05) is 5.32 Å². The fourth-order valence-electron chi connectivity index (χ4n) is 3.77. The predicted molar refractivity (Wildman–Crippen MR) is 113 cm³/mol. The second-order valence-corrected chi connectivity index (χ2v) is 8.28. The molecule has 3 atom stereocenters. The van der Waals surface area contributed by atoms with Gasteiger partial charge in [0, 0.05) is 11.5 Å². The Morgan fingerprint density at radius 3 is 2.38 bits per heavy atom. The third-order valence-electron chi connectivity index (χ3n) is 5.79. The molecule has 1 fully saturated rings. The Kier molecular flexibility index (Phi) is 6.16. The zero-order valence-corrected chi connectivity index (χ0v) is 17.0. The van der Waals surface area contributed by atoms with Gasteiger partial charge in [0.05, 0.1) is 11.3 Å². The van der Waals surface area contributed by atoms with Crippen LogP contribution in [0.1, 0.15) is 77.3 Å². The predicted octanol–water partition coefficient (Wildman–Crippen LogP) is 4.91. The van der Waals surface area contributed by atoms with E-state index in [-0.39, 0.29) is 35.0 Å². The minimum Gasteiger partial charge on any atom is -0.507 e. The van der Waals surface area contributed by atoms with Crippen LogP contribution in [0.15, 0.2) is 36.4 Å². The number of phenols is 1. The van der Waals surface area contributed by atoms with Gasteiger partial charge in [-0.25, -0.2) is 0 Å². The Balaban J connectivity index is 1.61. The molecular formula is C24H27NO4. The molecule has 3 rings (SSSR count). The standard InChI is InChI=1S/C24H27NO4/c1-14(2)16-4-6-22(19(9-16)12-26)25-24(29)21-11-18(21)8-15(3)17-5-7-23(28)20(10-17)13-27/h4-7,9-10,12-15,18,21,28H,8,11H2,1-3H3,(H,25,29). The highest BCUT2D eigenvalue weighted by atomic mass is 16.3. The molecule has 5 nitrogen and oxygen atoms in total. The molecule has 152 valence electrons. The first-order valence-corrected chi connectivity index (χ1v) is 10.0. The van der Waals surface area contributed by atoms with Gasteiger partial charge in [0.15, 0.2) is 12.6 Å². The van der Waals surface area contributed by atoms with Crippen LogP contribution in [0.2, 0.25) is 0 Å². The van der Waals surface area contributed by atoms with Crippen LogP contribution in [0.4, 0.5) is 5.69 Å². The van der Waals surface area contributed by atoms with E-state index in [1.54, 1.807) is 12.1 Å². The Hall–Kier alpha value is -2.95. The normalized spacial score (nSPS) is 18.9. The van der Waals surface area contributed by atoms with Gasteiger partial charge in [0.1, 0.15) is 5.75 Å². The van der Waals surface area contributed by atoms with Crippen LogP contribution in [-0.4, -0.2) is 23.6 Å². The van der Waals surface area contributed by atoms with Crippen molar-refractivity contribution in [1.29, 1.82) is 0 Å². The summed E-state index contributed by atoms with van der Waals surface area (Å²) >= 11 is 0. The molecule has 1 saturated carbocycles. The van der Waals surface area contributed by atoms with Crippen molar-refractivity contribution in [2.24, 2.45) is 11.8 Å². The smallest absolute Gasteiger partial charge is 0.227 e. The maximum atomic E-state index is 12.6. The molecule has 3 unspecified atom stereocenters. The van der Waals surface area contributed by atoms with Crippen molar-refractivity contribution in [3.8, 4) is 5.75 Å². The molecule has 2 aromatic carbocycles. The number of carbonyl (C=O) groups excluding carboxylic acids is 3. The van der Waals surface area contributed by atoms with Crippen LogP contribution in [0.5, 0.6) is 5.75 Å². The number of nitrogens with one attached hydrogen (secondary N) is 1. The Morgan fingerprint density at radius 1 is 1.07 bits per heavy atom. The molecular weight excluding hydrogens is 366 g/mol. The first-order chi connectivity index (χ1) is 13.8. The molecule has 0 aromatic heterocycles. The second-order valence-electron chi connectivity index (χ2n) is 8.28. The summed E-state index contributed by atoms with van der Waals surface area (Å²) in [6.07, 6.45) is 3.07. The Morgan fingerprint density at radius 2 is 1.72 bits per heavy atom. The van der Waals surface area contributed by atoms with Crippen LogP contribution in [-0.2, 0) is 4.79 Å². The number of hydrogen-bond donors (Lipinski definition) is 2. The summed E-state index contributed by atoms with van der Waals surface area (Å²) < 4.78 is 0. The van der Waals surface area contributed by atoms with E-state index in [4.69, 9.17) is 0 Å². The van der Waals surface area contributed by atoms with Gasteiger partial charge in [-0.2, -0.15) is 0 Å². The lowest BCUT2D eigenvalue weighted by Gasteiger charge is -2.13. The van der Waals surface area contributed by atoms with Crippen LogP contribution in [0.3, 0.4) is 0 Å². The molecule has 0 aliphatic heterocycles. The lowest BCUT2D eigenvalue weighted by atomic mass is 9.93. The molecule has 0 bridgehead atoms. The van der Waals surface area contributed by atoms with E-state index in [1.807, 2.05) is 18.2 Å². The van der Waals surface area contributed by atoms with Crippen LogP contribution >= 0.6 is 0 Å². The summed E-state index contributed by atoms with van der Waals surface area (Å²) in [5, 5.41) is 12.6. The molecule has 0 saturated heterocycles. The van der Waals surface area contributed by atoms with E-state index in [9.17, 15) is 19.5 Å². The second kappa shape index (κ2) is 8.60. The number of rotatable bonds is 8. The van der Waals surface area contributed by atoms with Crippen molar-refractivity contribution in [3.05, 3.63) is 58.7 Å². The summed E-state index contributed by atoms with van der Waals surface area (Å²) in [5.74, 6) is 0.619. The number of aldehydes is 2. The highest BCUT2D eigenvalue weighted by Gasteiger charge is 2.43. The van der Waals surface area contributed by atoms with Gasteiger partial charge in [0.25, 0.3) is 0 Å². The van der Waals surface area contributed by atoms with E-state index in [0.29, 0.717) is 23.5 Å². The first-order valence-electron chi connectivity index (χ1n) is 10.0. The zero-order valence-electron chi connectivity index (χ0n) is 17.0. The van der Waals surface area contributed by atoms with Crippen molar-refractivity contribution < 1.29 is 19.5 Å². The molecule has 1 aliphatic carbocycles. The van der Waals surface area contributed by atoms with E-state index >= 15 is 0 Å². The van der Waals surface area contributed by atoms with Crippen molar-refractivity contribution >= 4 is 24.2 Å². The maximum Gasteiger partial charge on any atom is 0.227 e. The Bertz CT molecular complexity index is 934. The topological polar surface area (TPSA) is 83.5 Å². The minimum absolute atomic E-state index is 0.0194. The van der Waals surface area contributed by atoms with Gasteiger partial charge >= 0.3 is 0 Å². The third-order valence-corrected chi connectivity index (χ3v) is 5.79. The quantitative estimate of drug-likeness (QED) is 0.624. The van der Waals surface area contributed by atoms with Crippen molar-refractivity contribution in [2.45, 2.75) is 45.4 Å². The van der Waals surface area contributed by atoms with Crippen LogP contribution in [0, 0.1) is 11.8 Å². The average molecular weight is 393 g/mol. The van der Waals surface area contributed by atoms with Gasteiger partial charge in [-0.1, -0.05) is 32.9 Å². The van der Waals surface area contributed by atoms with Gasteiger partial charge < -0.3 is 10.4 Å². The number of hydrogen-bond acceptors (Lipinski definition) is 4. The SMILES string of the molecule is CC(C)c1ccc(NC(=O)C2CC2CC(C)c2ccc(O)c(C=O)c2)c(C=O)c1. The number of phenolic OH excluding ortho intramolecular Hbond substituents is 1. The van der Waals surface area contributed by atoms with Crippen LogP contribution < -0.4 is 5.32 Å². The first kappa shape index (κ1) is 20.8. The van der Waals surface area contributed by atoms with Gasteiger partial charge in [-0.15, -0.1) is 0 Å². The summed E-state index contributed by atoms with van der Waals surface area (Å²) in [5.41, 5.74) is 3.38. The van der Waals surface area contributed by atoms with Crippen LogP contribution in [0.25, 0.3) is 0 Å². The summed E-state index contributed by atoms with van der Waals surface area (Å²) in [6, 6.07) is 10.6. The van der Waals surface area contributed by atoms with E-state index in [1.165, 1.54) is 6.07 Å². The molecule has 0 heterocycles. The average Bonchev–Trinajstić information content (AvgIpc) is 3.47. The number of benzene rings is 2. The number of anilines is 1. The molecule has 2 aromatic rings. The highest BCUT2D eigenvalue weighted by molar-refractivity contribution is 5.98. The maximum absolute atomic E-state index is 12.6. The van der Waals surface area contributed by atoms with E-state index < -0.39 is 0 Å². The van der Waals surface area contributed by atoms with Crippen molar-refractivity contribution in [1.82, 2.24) is 0 Å². The Labute approximate surface area is 171 Å². The molecule has 1 aliphatic rings. The molecule has 0 spiro atoms. The van der Waals surface area contributed by atoms with Gasteiger partial charge in [-0.05, 0) is 66.0 Å². The zero-order chi connectivity index (χ0) is 21.1. The highest BCUT2D eigenvalue weighted by Crippen LogP contribution is 2.46. The monoisotopic (exact) mass is 393 g/mol. The lowest BCUT2D eigenvalue weighted by Crippen LogP contribution is -2.16. The minimum atomic E-state index is -0.0654. The number of aromatic hydroxyl groups is 1. The molecule has 5 heteroatoms. The van der Waals surface area contributed by atoms with E-state index in [2.05, 4.69) is 26.1 Å². The third kappa shape index (κ3) is 4.73. The summed E-state index contributed by atoms with van der Waals surface area (Å²) in [4.78, 5) is 35.1. The number of carbonyl (C=O) groups is 3. The van der Waals surface area contributed by atoms with Gasteiger partial charge in [0.2, 0.25) is 5.91 Å². The molecule has 0 radical (unpaired) electrons. The molecule has 1 amide bonds. The fraction of sp³-hybridized carbons (Fsp3) is 0.375. The molecule has 29 heavy (non-hydrogen) atoms. The van der Waals surface area contributed by atoms with Crippen molar-refractivity contribution in [3.63, 3.8) is 0 Å². The van der Waals surface area contributed by atoms with Gasteiger partial charge in [-0.3, -0.25) is 14.4 Å². The van der Waals surface area contributed by atoms with E-state index in [0.717, 1.165) is 30.3 Å².